The molecular weight excluding hydrogens is 469 g/mol. The predicted molar refractivity (Wildman–Crippen MR) is 140 cm³/mol. The minimum atomic E-state index is -0.588. The first-order valence-corrected chi connectivity index (χ1v) is 12.4. The molecule has 2 aliphatic heterocycles. The number of benzene rings is 2. The van der Waals surface area contributed by atoms with Gasteiger partial charge in [0.25, 0.3) is 5.91 Å². The molecule has 184 valence electrons. The molecule has 0 spiro atoms. The van der Waals surface area contributed by atoms with Crippen molar-refractivity contribution in [3.8, 4) is 0 Å². The monoisotopic (exact) mass is 503 g/mol. The van der Waals surface area contributed by atoms with Crippen LogP contribution in [-0.2, 0) is 11.2 Å². The largest absolute Gasteiger partial charge is 0.341 e. The molecule has 2 saturated heterocycles. The molecule has 4 rings (SSSR count). The third kappa shape index (κ3) is 6.97. The van der Waals surface area contributed by atoms with E-state index in [1.807, 2.05) is 35.2 Å². The van der Waals surface area contributed by atoms with E-state index in [1.165, 1.54) is 25.9 Å². The number of hydrogen-bond donors (Lipinski definition) is 1. The van der Waals surface area contributed by atoms with Gasteiger partial charge in [-0.3, -0.25) is 9.59 Å². The van der Waals surface area contributed by atoms with E-state index >= 15 is 0 Å². The van der Waals surface area contributed by atoms with E-state index in [-0.39, 0.29) is 24.2 Å². The van der Waals surface area contributed by atoms with Crippen LogP contribution in [0.25, 0.3) is 0 Å². The average Bonchev–Trinajstić information content (AvgIpc) is 2.85. The Labute approximate surface area is 214 Å². The van der Waals surface area contributed by atoms with Gasteiger partial charge in [-0.05, 0) is 87.5 Å². The quantitative estimate of drug-likeness (QED) is 0.622. The standard InChI is InChI=1S/C27H34ClN3O2.ClH/c1-30-15-11-21(12-16-30)22-13-17-31(18-14-22)27(33)25(19-20-5-3-2-4-6-20)29-26(32)23-7-9-24(28)10-8-23;/h2-10,21-22,25H,11-19H2,1H3,(H,29,32);1H/t25-;/m1./s1. The van der Waals surface area contributed by atoms with Gasteiger partial charge in [-0.15, -0.1) is 12.4 Å². The minimum absolute atomic E-state index is 0. The van der Waals surface area contributed by atoms with Crippen molar-refractivity contribution >= 4 is 35.8 Å². The van der Waals surface area contributed by atoms with Gasteiger partial charge in [0, 0.05) is 30.1 Å². The van der Waals surface area contributed by atoms with Gasteiger partial charge in [0.15, 0.2) is 0 Å². The highest BCUT2D eigenvalue weighted by Gasteiger charge is 2.33. The van der Waals surface area contributed by atoms with E-state index in [2.05, 4.69) is 17.3 Å². The second-order valence-corrected chi connectivity index (χ2v) is 9.96. The summed E-state index contributed by atoms with van der Waals surface area (Å²) in [4.78, 5) is 30.8. The summed E-state index contributed by atoms with van der Waals surface area (Å²) >= 11 is 5.96. The molecule has 0 radical (unpaired) electrons. The zero-order valence-corrected chi connectivity index (χ0v) is 21.4. The first kappa shape index (κ1) is 26.5. The number of amides is 2. The molecule has 0 bridgehead atoms. The van der Waals surface area contributed by atoms with Crippen LogP contribution in [0.3, 0.4) is 0 Å². The smallest absolute Gasteiger partial charge is 0.251 e. The van der Waals surface area contributed by atoms with Gasteiger partial charge in [-0.1, -0.05) is 41.9 Å². The lowest BCUT2D eigenvalue weighted by Gasteiger charge is -2.40. The van der Waals surface area contributed by atoms with Crippen LogP contribution in [0.4, 0.5) is 0 Å². The number of hydrogen-bond acceptors (Lipinski definition) is 3. The fourth-order valence-electron chi connectivity index (χ4n) is 5.20. The number of piperidine rings is 2. The minimum Gasteiger partial charge on any atom is -0.341 e. The van der Waals surface area contributed by atoms with Crippen LogP contribution >= 0.6 is 24.0 Å². The van der Waals surface area contributed by atoms with Gasteiger partial charge in [-0.2, -0.15) is 0 Å². The molecule has 1 N–H and O–H groups in total. The third-order valence-electron chi connectivity index (χ3n) is 7.27. The number of carbonyl (C=O) groups is 2. The molecule has 0 unspecified atom stereocenters. The van der Waals surface area contributed by atoms with Crippen LogP contribution < -0.4 is 5.32 Å². The molecule has 2 aromatic carbocycles. The molecule has 7 heteroatoms. The highest BCUT2D eigenvalue weighted by atomic mass is 35.5. The molecule has 34 heavy (non-hydrogen) atoms. The van der Waals surface area contributed by atoms with Gasteiger partial charge >= 0.3 is 0 Å². The first-order chi connectivity index (χ1) is 16.0. The van der Waals surface area contributed by atoms with Crippen LogP contribution in [0.15, 0.2) is 54.6 Å². The van der Waals surface area contributed by atoms with Gasteiger partial charge in [0.2, 0.25) is 5.91 Å². The van der Waals surface area contributed by atoms with Crippen molar-refractivity contribution in [3.63, 3.8) is 0 Å². The Kier molecular flexibility index (Phi) is 9.81. The van der Waals surface area contributed by atoms with Crippen LogP contribution in [-0.4, -0.2) is 60.9 Å². The Morgan fingerprint density at radius 3 is 2.06 bits per heavy atom. The molecule has 2 aliphatic rings. The molecule has 2 amide bonds. The first-order valence-electron chi connectivity index (χ1n) is 12.1. The molecule has 1 atom stereocenters. The van der Waals surface area contributed by atoms with E-state index in [9.17, 15) is 9.59 Å². The highest BCUT2D eigenvalue weighted by molar-refractivity contribution is 6.30. The Bertz CT molecular complexity index is 923. The lowest BCUT2D eigenvalue weighted by atomic mass is 9.79. The summed E-state index contributed by atoms with van der Waals surface area (Å²) in [5.41, 5.74) is 1.54. The summed E-state index contributed by atoms with van der Waals surface area (Å²) < 4.78 is 0. The van der Waals surface area contributed by atoms with E-state index in [0.717, 1.165) is 37.4 Å². The Morgan fingerprint density at radius 2 is 1.47 bits per heavy atom. The zero-order valence-electron chi connectivity index (χ0n) is 19.8. The van der Waals surface area contributed by atoms with Crippen molar-refractivity contribution in [1.29, 1.82) is 0 Å². The van der Waals surface area contributed by atoms with E-state index < -0.39 is 6.04 Å². The fourth-order valence-corrected chi connectivity index (χ4v) is 5.33. The SMILES string of the molecule is CN1CCC(C2CCN(C(=O)[C@@H](Cc3ccccc3)NC(=O)c3ccc(Cl)cc3)CC2)CC1.Cl. The van der Waals surface area contributed by atoms with Crippen molar-refractivity contribution in [3.05, 3.63) is 70.7 Å². The van der Waals surface area contributed by atoms with Crippen LogP contribution in [0, 0.1) is 11.8 Å². The van der Waals surface area contributed by atoms with E-state index in [4.69, 9.17) is 11.6 Å². The predicted octanol–water partition coefficient (Wildman–Crippen LogP) is 4.68. The molecular formula is C27H35Cl2N3O2. The van der Waals surface area contributed by atoms with Gasteiger partial charge in [0.05, 0.1) is 0 Å². The maximum Gasteiger partial charge on any atom is 0.251 e. The molecule has 0 aliphatic carbocycles. The van der Waals surface area contributed by atoms with Crippen LogP contribution in [0.1, 0.15) is 41.6 Å². The number of carbonyl (C=O) groups excluding carboxylic acids is 2. The van der Waals surface area contributed by atoms with Crippen molar-refractivity contribution < 1.29 is 9.59 Å². The number of likely N-dealkylation sites (tertiary alicyclic amines) is 2. The molecule has 5 nitrogen and oxygen atoms in total. The molecule has 2 heterocycles. The molecule has 0 saturated carbocycles. The average molecular weight is 505 g/mol. The summed E-state index contributed by atoms with van der Waals surface area (Å²) in [6.07, 6.45) is 5.13. The summed E-state index contributed by atoms with van der Waals surface area (Å²) in [6.45, 7) is 3.91. The lowest BCUT2D eigenvalue weighted by molar-refractivity contribution is -0.135. The van der Waals surface area contributed by atoms with Crippen molar-refractivity contribution in [2.75, 3.05) is 33.2 Å². The summed E-state index contributed by atoms with van der Waals surface area (Å²) in [6, 6.07) is 16.1. The van der Waals surface area contributed by atoms with Crippen LogP contribution in [0.2, 0.25) is 5.02 Å². The number of halogens is 2. The van der Waals surface area contributed by atoms with Crippen LogP contribution in [0.5, 0.6) is 0 Å². The summed E-state index contributed by atoms with van der Waals surface area (Å²) in [5, 5.41) is 3.58. The zero-order chi connectivity index (χ0) is 23.2. The maximum absolute atomic E-state index is 13.5. The summed E-state index contributed by atoms with van der Waals surface area (Å²) in [5.74, 6) is 1.26. The Balaban J connectivity index is 0.00000324. The van der Waals surface area contributed by atoms with Crippen molar-refractivity contribution in [1.82, 2.24) is 15.1 Å². The number of nitrogens with one attached hydrogen (secondary N) is 1. The Hall–Kier alpha value is -2.08. The number of nitrogens with zero attached hydrogens (tertiary/aromatic N) is 2. The molecule has 0 aromatic heterocycles. The highest BCUT2D eigenvalue weighted by Crippen LogP contribution is 2.32. The molecule has 2 aromatic rings. The fraction of sp³-hybridized carbons (Fsp3) is 0.481. The second-order valence-electron chi connectivity index (χ2n) is 9.53. The van der Waals surface area contributed by atoms with E-state index in [1.54, 1.807) is 24.3 Å². The third-order valence-corrected chi connectivity index (χ3v) is 7.53. The van der Waals surface area contributed by atoms with E-state index in [0.29, 0.717) is 22.9 Å². The van der Waals surface area contributed by atoms with Crippen molar-refractivity contribution in [2.45, 2.75) is 38.1 Å². The molecule has 2 fully saturated rings. The Morgan fingerprint density at radius 1 is 0.912 bits per heavy atom. The van der Waals surface area contributed by atoms with Gasteiger partial charge in [-0.25, -0.2) is 0 Å². The number of rotatable bonds is 6. The lowest BCUT2D eigenvalue weighted by Crippen LogP contribution is -2.52. The maximum atomic E-state index is 13.5. The topological polar surface area (TPSA) is 52.6 Å². The van der Waals surface area contributed by atoms with Crippen molar-refractivity contribution in [2.24, 2.45) is 11.8 Å². The normalized spacial score (nSPS) is 18.7. The summed E-state index contributed by atoms with van der Waals surface area (Å²) in [7, 11) is 2.20. The second kappa shape index (κ2) is 12.6. The van der Waals surface area contributed by atoms with Gasteiger partial charge < -0.3 is 15.1 Å². The van der Waals surface area contributed by atoms with Gasteiger partial charge in [0.1, 0.15) is 6.04 Å².